The molecule has 0 spiro atoms. The fourth-order valence-electron chi connectivity index (χ4n) is 2.84. The lowest BCUT2D eigenvalue weighted by Gasteiger charge is -2.15. The third kappa shape index (κ3) is 5.19. The zero-order valence-corrected chi connectivity index (χ0v) is 16.3. The summed E-state index contributed by atoms with van der Waals surface area (Å²) in [6.45, 7) is 2.95. The fourth-order valence-corrected chi connectivity index (χ4v) is 2.84. The van der Waals surface area contributed by atoms with Crippen LogP contribution in [0.3, 0.4) is 0 Å². The molecule has 1 aromatic heterocycles. The number of alkyl halides is 3. The van der Waals surface area contributed by atoms with E-state index in [2.05, 4.69) is 36.2 Å². The van der Waals surface area contributed by atoms with Gasteiger partial charge in [-0.25, -0.2) is 4.63 Å². The number of hydrogen-bond acceptors (Lipinski definition) is 7. The van der Waals surface area contributed by atoms with Gasteiger partial charge in [-0.05, 0) is 29.8 Å². The van der Waals surface area contributed by atoms with E-state index in [9.17, 15) is 22.8 Å². The van der Waals surface area contributed by atoms with E-state index in [0.717, 1.165) is 23.9 Å². The Labute approximate surface area is 169 Å². The van der Waals surface area contributed by atoms with E-state index in [1.54, 1.807) is 25.1 Å². The Balaban J connectivity index is 1.48. The number of aromatic nitrogens is 2. The van der Waals surface area contributed by atoms with E-state index in [1.165, 1.54) is 0 Å². The summed E-state index contributed by atoms with van der Waals surface area (Å²) in [6, 6.07) is 5.32. The van der Waals surface area contributed by atoms with Crippen LogP contribution in [0.5, 0.6) is 0 Å². The Morgan fingerprint density at radius 2 is 1.93 bits per heavy atom. The molecule has 4 N–H and O–H groups in total. The molecule has 0 saturated heterocycles. The second-order valence-corrected chi connectivity index (χ2v) is 7.05. The molecule has 9 nitrogen and oxygen atoms in total. The highest BCUT2D eigenvalue weighted by Gasteiger charge is 2.37. The summed E-state index contributed by atoms with van der Waals surface area (Å²) in [6.07, 6.45) is -5.29. The molecule has 0 fully saturated rings. The van der Waals surface area contributed by atoms with Crippen LogP contribution >= 0.6 is 0 Å². The van der Waals surface area contributed by atoms with Crippen LogP contribution in [0.25, 0.3) is 0 Å². The van der Waals surface area contributed by atoms with Gasteiger partial charge in [-0.3, -0.25) is 9.59 Å². The van der Waals surface area contributed by atoms with Gasteiger partial charge in [0.05, 0.1) is 23.8 Å². The Kier molecular flexibility index (Phi) is 6.13. The molecular weight excluding hydrogens is 405 g/mol. The number of anilines is 2. The van der Waals surface area contributed by atoms with Gasteiger partial charge >= 0.3 is 6.18 Å². The summed E-state index contributed by atoms with van der Waals surface area (Å²) in [5, 5.41) is 18.7. The molecule has 2 heterocycles. The molecule has 1 aromatic carbocycles. The quantitative estimate of drug-likeness (QED) is 0.535. The maximum absolute atomic E-state index is 12.5. The third-order valence-electron chi connectivity index (χ3n) is 4.62. The van der Waals surface area contributed by atoms with Gasteiger partial charge < -0.3 is 21.3 Å². The number of benzene rings is 1. The summed E-state index contributed by atoms with van der Waals surface area (Å²) in [7, 11) is 0. The lowest BCUT2D eigenvalue weighted by Crippen LogP contribution is -2.38. The number of carbonyl (C=O) groups excluding carboxylic acids is 2. The van der Waals surface area contributed by atoms with Gasteiger partial charge in [-0.1, -0.05) is 18.1 Å². The minimum Gasteiger partial charge on any atom is -0.362 e. The number of amides is 2. The molecule has 1 aliphatic heterocycles. The van der Waals surface area contributed by atoms with Crippen LogP contribution < -0.4 is 21.3 Å². The number of hydrogen-bond donors (Lipinski definition) is 4. The minimum atomic E-state index is -4.40. The van der Waals surface area contributed by atoms with E-state index in [-0.39, 0.29) is 24.9 Å². The van der Waals surface area contributed by atoms with Gasteiger partial charge in [0.15, 0.2) is 5.69 Å². The van der Waals surface area contributed by atoms with E-state index >= 15 is 0 Å². The second-order valence-electron chi connectivity index (χ2n) is 7.05. The van der Waals surface area contributed by atoms with Gasteiger partial charge in [0.2, 0.25) is 5.91 Å². The normalized spacial score (nSPS) is 16.2. The van der Waals surface area contributed by atoms with Crippen molar-refractivity contribution in [3.63, 3.8) is 0 Å². The number of carbonyl (C=O) groups is 2. The molecule has 0 saturated carbocycles. The van der Waals surface area contributed by atoms with Crippen molar-refractivity contribution >= 4 is 23.2 Å². The van der Waals surface area contributed by atoms with Crippen molar-refractivity contribution in [3.05, 3.63) is 35.2 Å². The maximum atomic E-state index is 12.5. The minimum absolute atomic E-state index is 0.109. The standard InChI is InChI=1S/C18H21F3N6O3/c1-9(18(19,20)21)5-15(28)22-7-11-3-4-12-13(6-11)25-14(24-12)8-23-17(29)16-10(2)26-30-27-16/h3-4,6,9,14,24-25H,5,7-8H2,1-2H3,(H,22,28)(H,23,29). The number of nitrogens with one attached hydrogen (secondary N) is 4. The number of nitrogens with zero attached hydrogens (tertiary/aromatic N) is 2. The Hall–Kier alpha value is -3.31. The van der Waals surface area contributed by atoms with Crippen molar-refractivity contribution in [1.29, 1.82) is 0 Å². The molecule has 3 rings (SSSR count). The van der Waals surface area contributed by atoms with Gasteiger partial charge in [-0.2, -0.15) is 13.2 Å². The Morgan fingerprint density at radius 1 is 1.20 bits per heavy atom. The average Bonchev–Trinajstić information content (AvgIpc) is 3.28. The molecule has 30 heavy (non-hydrogen) atoms. The van der Waals surface area contributed by atoms with Crippen molar-refractivity contribution in [3.8, 4) is 0 Å². The number of halogens is 3. The first-order chi connectivity index (χ1) is 14.1. The summed E-state index contributed by atoms with van der Waals surface area (Å²) in [5.41, 5.74) is 2.78. The summed E-state index contributed by atoms with van der Waals surface area (Å²) < 4.78 is 42.1. The first-order valence-electron chi connectivity index (χ1n) is 9.20. The largest absolute Gasteiger partial charge is 0.392 e. The lowest BCUT2D eigenvalue weighted by atomic mass is 10.1. The summed E-state index contributed by atoms with van der Waals surface area (Å²) in [5.74, 6) is -2.77. The highest BCUT2D eigenvalue weighted by atomic mass is 19.4. The molecule has 0 radical (unpaired) electrons. The SMILES string of the molecule is Cc1nonc1C(=O)NCC1Nc2ccc(CNC(=O)CC(C)C(F)(F)F)cc2N1. The second kappa shape index (κ2) is 8.59. The number of rotatable bonds is 7. The van der Waals surface area contributed by atoms with E-state index in [1.807, 2.05) is 0 Å². The van der Waals surface area contributed by atoms with Crippen molar-refractivity contribution < 1.29 is 27.4 Å². The van der Waals surface area contributed by atoms with Gasteiger partial charge in [0.1, 0.15) is 11.9 Å². The van der Waals surface area contributed by atoms with Crippen LogP contribution in [0.15, 0.2) is 22.8 Å². The average molecular weight is 426 g/mol. The molecule has 12 heteroatoms. The fraction of sp³-hybridized carbons (Fsp3) is 0.444. The van der Waals surface area contributed by atoms with Crippen LogP contribution in [-0.4, -0.2) is 41.0 Å². The highest BCUT2D eigenvalue weighted by Crippen LogP contribution is 2.30. The van der Waals surface area contributed by atoms with E-state index in [4.69, 9.17) is 0 Å². The van der Waals surface area contributed by atoms with Crippen LogP contribution in [0.1, 0.15) is 35.1 Å². The summed E-state index contributed by atoms with van der Waals surface area (Å²) >= 11 is 0. The molecule has 2 atom stereocenters. The predicted molar refractivity (Wildman–Crippen MR) is 101 cm³/mol. The first kappa shape index (κ1) is 21.4. The van der Waals surface area contributed by atoms with Crippen molar-refractivity contribution in [2.24, 2.45) is 5.92 Å². The lowest BCUT2D eigenvalue weighted by molar-refractivity contribution is -0.174. The van der Waals surface area contributed by atoms with Gasteiger partial charge in [-0.15, -0.1) is 0 Å². The maximum Gasteiger partial charge on any atom is 0.392 e. The smallest absolute Gasteiger partial charge is 0.362 e. The Morgan fingerprint density at radius 3 is 2.60 bits per heavy atom. The van der Waals surface area contributed by atoms with Gasteiger partial charge in [0, 0.05) is 13.0 Å². The predicted octanol–water partition coefficient (Wildman–Crippen LogP) is 2.18. The van der Waals surface area contributed by atoms with Crippen LogP contribution in [0, 0.1) is 12.8 Å². The zero-order valence-electron chi connectivity index (χ0n) is 16.3. The van der Waals surface area contributed by atoms with Crippen molar-refractivity contribution in [1.82, 2.24) is 20.9 Å². The van der Waals surface area contributed by atoms with Gasteiger partial charge in [0.25, 0.3) is 5.91 Å². The topological polar surface area (TPSA) is 121 Å². The molecule has 2 amide bonds. The monoisotopic (exact) mass is 426 g/mol. The molecule has 1 aliphatic rings. The van der Waals surface area contributed by atoms with Crippen LogP contribution in [0.4, 0.5) is 24.5 Å². The first-order valence-corrected chi connectivity index (χ1v) is 9.20. The molecular formula is C18H21F3N6O3. The summed E-state index contributed by atoms with van der Waals surface area (Å²) in [4.78, 5) is 23.8. The van der Waals surface area contributed by atoms with E-state index < -0.39 is 30.3 Å². The van der Waals surface area contributed by atoms with E-state index in [0.29, 0.717) is 5.69 Å². The molecule has 0 aliphatic carbocycles. The van der Waals surface area contributed by atoms with Crippen molar-refractivity contribution in [2.45, 2.75) is 39.2 Å². The molecule has 0 bridgehead atoms. The van der Waals surface area contributed by atoms with Crippen LogP contribution in [0.2, 0.25) is 0 Å². The zero-order chi connectivity index (χ0) is 21.9. The van der Waals surface area contributed by atoms with Crippen molar-refractivity contribution in [2.75, 3.05) is 17.2 Å². The Bertz CT molecular complexity index is 930. The number of fused-ring (bicyclic) bond motifs is 1. The molecule has 162 valence electrons. The third-order valence-corrected chi connectivity index (χ3v) is 4.62. The number of aryl methyl sites for hydroxylation is 1. The highest BCUT2D eigenvalue weighted by molar-refractivity contribution is 5.93. The van der Waals surface area contributed by atoms with Crippen LogP contribution in [-0.2, 0) is 11.3 Å². The molecule has 2 aromatic rings. The molecule has 2 unspecified atom stereocenters.